The van der Waals surface area contributed by atoms with E-state index in [1.54, 1.807) is 11.8 Å². The molecule has 0 N–H and O–H groups in total. The molecule has 1 aliphatic rings. The lowest BCUT2D eigenvalue weighted by Gasteiger charge is -2.27. The quantitative estimate of drug-likeness (QED) is 0.387. The number of carbonyl (C=O) groups excluding carboxylic acids is 1. The summed E-state index contributed by atoms with van der Waals surface area (Å²) in [5.41, 5.74) is 5.20. The molecule has 31 heavy (non-hydrogen) atoms. The van der Waals surface area contributed by atoms with Gasteiger partial charge in [0.15, 0.2) is 0 Å². The second-order valence-electron chi connectivity index (χ2n) is 7.43. The van der Waals surface area contributed by atoms with E-state index in [9.17, 15) is 4.79 Å². The minimum absolute atomic E-state index is 0.0646. The second-order valence-corrected chi connectivity index (χ2v) is 8.34. The number of fused-ring (bicyclic) bond motifs is 1. The van der Waals surface area contributed by atoms with Gasteiger partial charge in [-0.1, -0.05) is 58.4 Å². The first-order chi connectivity index (χ1) is 15.1. The van der Waals surface area contributed by atoms with Gasteiger partial charge in [-0.05, 0) is 42.0 Å². The molecular formula is C25H20BrN3O2. The van der Waals surface area contributed by atoms with Crippen LogP contribution in [0.25, 0.3) is 11.3 Å². The number of hydrogen-bond acceptors (Lipinski definition) is 3. The van der Waals surface area contributed by atoms with E-state index in [0.717, 1.165) is 38.3 Å². The third-order valence-corrected chi connectivity index (χ3v) is 6.15. The van der Waals surface area contributed by atoms with E-state index in [-0.39, 0.29) is 11.9 Å². The van der Waals surface area contributed by atoms with E-state index in [2.05, 4.69) is 28.1 Å². The van der Waals surface area contributed by atoms with Crippen LogP contribution in [0.5, 0.6) is 5.75 Å². The summed E-state index contributed by atoms with van der Waals surface area (Å²) in [6.45, 7) is 0. The van der Waals surface area contributed by atoms with Gasteiger partial charge in [-0.2, -0.15) is 5.10 Å². The maximum absolute atomic E-state index is 13.7. The van der Waals surface area contributed by atoms with Crippen molar-refractivity contribution < 1.29 is 9.53 Å². The first-order valence-corrected chi connectivity index (χ1v) is 10.7. The molecule has 0 radical (unpaired) electrons. The van der Waals surface area contributed by atoms with Crippen molar-refractivity contribution in [2.75, 3.05) is 12.0 Å². The molecule has 5 rings (SSSR count). The van der Waals surface area contributed by atoms with Crippen LogP contribution in [-0.4, -0.2) is 22.8 Å². The number of carbonyl (C=O) groups is 1. The van der Waals surface area contributed by atoms with Gasteiger partial charge >= 0.3 is 0 Å². The van der Waals surface area contributed by atoms with Crippen molar-refractivity contribution in [2.24, 2.45) is 7.05 Å². The number of ether oxygens (including phenoxy) is 1. The van der Waals surface area contributed by atoms with Crippen molar-refractivity contribution in [3.63, 3.8) is 0 Å². The fraction of sp³-hybridized carbons (Fsp3) is 0.120. The molecule has 0 spiro atoms. The van der Waals surface area contributed by atoms with Gasteiger partial charge in [0.05, 0.1) is 18.8 Å². The minimum atomic E-state index is -0.284. The normalized spacial score (nSPS) is 15.3. The van der Waals surface area contributed by atoms with E-state index in [1.165, 1.54) is 0 Å². The average Bonchev–Trinajstić information content (AvgIpc) is 3.30. The SMILES string of the molecule is COc1ccc(N2C(=O)c3c(c(-c4ccccc4)nn3C)C2c2ccc(Br)cc2)cc1. The Hall–Kier alpha value is -3.38. The molecule has 154 valence electrons. The lowest BCUT2D eigenvalue weighted by molar-refractivity contribution is 0.0985. The highest BCUT2D eigenvalue weighted by molar-refractivity contribution is 9.10. The molecule has 1 unspecified atom stereocenters. The number of hydrogen-bond donors (Lipinski definition) is 0. The third kappa shape index (κ3) is 3.24. The van der Waals surface area contributed by atoms with Gasteiger partial charge in [0.1, 0.15) is 11.4 Å². The van der Waals surface area contributed by atoms with E-state index < -0.39 is 0 Å². The maximum atomic E-state index is 13.7. The summed E-state index contributed by atoms with van der Waals surface area (Å²) in [7, 11) is 3.47. The fourth-order valence-electron chi connectivity index (χ4n) is 4.19. The van der Waals surface area contributed by atoms with Gasteiger partial charge in [0.25, 0.3) is 5.91 Å². The molecule has 1 aromatic heterocycles. The predicted octanol–water partition coefficient (Wildman–Crippen LogP) is 5.61. The Balaban J connectivity index is 1.74. The highest BCUT2D eigenvalue weighted by Gasteiger charge is 2.44. The van der Waals surface area contributed by atoms with Crippen LogP contribution < -0.4 is 9.64 Å². The fourth-order valence-corrected chi connectivity index (χ4v) is 4.46. The van der Waals surface area contributed by atoms with Crippen molar-refractivity contribution in [3.8, 4) is 17.0 Å². The van der Waals surface area contributed by atoms with E-state index >= 15 is 0 Å². The zero-order chi connectivity index (χ0) is 21.5. The number of methoxy groups -OCH3 is 1. The lowest BCUT2D eigenvalue weighted by Crippen LogP contribution is -2.30. The molecule has 2 heterocycles. The lowest BCUT2D eigenvalue weighted by atomic mass is 9.96. The largest absolute Gasteiger partial charge is 0.497 e. The molecule has 4 aromatic rings. The summed E-state index contributed by atoms with van der Waals surface area (Å²) >= 11 is 3.52. The first-order valence-electron chi connectivity index (χ1n) is 9.94. The Morgan fingerprint density at radius 1 is 0.935 bits per heavy atom. The summed E-state index contributed by atoms with van der Waals surface area (Å²) < 4.78 is 8.00. The van der Waals surface area contributed by atoms with Crippen LogP contribution in [-0.2, 0) is 7.05 Å². The van der Waals surface area contributed by atoms with E-state index in [1.807, 2.05) is 78.7 Å². The number of amides is 1. The van der Waals surface area contributed by atoms with E-state index in [0.29, 0.717) is 5.69 Å². The molecule has 0 aliphatic carbocycles. The van der Waals surface area contributed by atoms with Crippen LogP contribution in [0.2, 0.25) is 0 Å². The van der Waals surface area contributed by atoms with Crippen molar-refractivity contribution in [1.29, 1.82) is 0 Å². The van der Waals surface area contributed by atoms with Crippen LogP contribution >= 0.6 is 15.9 Å². The van der Waals surface area contributed by atoms with Crippen molar-refractivity contribution in [2.45, 2.75) is 6.04 Å². The van der Waals surface area contributed by atoms with Crippen LogP contribution in [0, 0.1) is 0 Å². The number of benzene rings is 3. The molecule has 0 fully saturated rings. The average molecular weight is 474 g/mol. The van der Waals surface area contributed by atoms with Gasteiger partial charge in [0, 0.05) is 28.3 Å². The van der Waals surface area contributed by atoms with Gasteiger partial charge in [-0.3, -0.25) is 14.4 Å². The Kier molecular flexibility index (Phi) is 4.87. The van der Waals surface area contributed by atoms with Crippen molar-refractivity contribution in [1.82, 2.24) is 9.78 Å². The van der Waals surface area contributed by atoms with Gasteiger partial charge in [-0.15, -0.1) is 0 Å². The zero-order valence-corrected chi connectivity index (χ0v) is 18.7. The monoisotopic (exact) mass is 473 g/mol. The summed E-state index contributed by atoms with van der Waals surface area (Å²) in [6.07, 6.45) is 0. The number of aromatic nitrogens is 2. The number of aryl methyl sites for hydroxylation is 1. The minimum Gasteiger partial charge on any atom is -0.497 e. The highest BCUT2D eigenvalue weighted by Crippen LogP contribution is 2.46. The molecular weight excluding hydrogens is 454 g/mol. The van der Waals surface area contributed by atoms with Gasteiger partial charge in [-0.25, -0.2) is 0 Å². The van der Waals surface area contributed by atoms with Crippen LogP contribution in [0.15, 0.2) is 83.3 Å². The summed E-state index contributed by atoms with van der Waals surface area (Å²) in [5, 5.41) is 4.74. The number of anilines is 1. The van der Waals surface area contributed by atoms with E-state index in [4.69, 9.17) is 9.84 Å². The Labute approximate surface area is 189 Å². The summed E-state index contributed by atoms with van der Waals surface area (Å²) in [5.74, 6) is 0.685. The Bertz CT molecular complexity index is 1250. The molecule has 0 saturated heterocycles. The topological polar surface area (TPSA) is 47.4 Å². The second kappa shape index (κ2) is 7.71. The number of rotatable bonds is 4. The van der Waals surface area contributed by atoms with Gasteiger partial charge in [0.2, 0.25) is 0 Å². The van der Waals surface area contributed by atoms with Gasteiger partial charge < -0.3 is 4.74 Å². The maximum Gasteiger partial charge on any atom is 0.277 e. The molecule has 1 aliphatic heterocycles. The number of halogens is 1. The zero-order valence-electron chi connectivity index (χ0n) is 17.1. The standard InChI is InChI=1S/C25H20BrN3O2/c1-28-24-21(22(27-28)16-6-4-3-5-7-16)23(17-8-10-18(26)11-9-17)29(25(24)30)19-12-14-20(31-2)15-13-19/h3-15,23H,1-2H3. The smallest absolute Gasteiger partial charge is 0.277 e. The third-order valence-electron chi connectivity index (χ3n) is 5.62. The summed E-state index contributed by atoms with van der Waals surface area (Å²) in [4.78, 5) is 15.5. The number of nitrogens with zero attached hydrogens (tertiary/aromatic N) is 3. The molecule has 6 heteroatoms. The van der Waals surface area contributed by atoms with Crippen LogP contribution in [0.4, 0.5) is 5.69 Å². The van der Waals surface area contributed by atoms with Crippen molar-refractivity contribution in [3.05, 3.63) is 100 Å². The predicted molar refractivity (Wildman–Crippen MR) is 124 cm³/mol. The first kappa shape index (κ1) is 19.6. The Morgan fingerprint density at radius 2 is 1.61 bits per heavy atom. The summed E-state index contributed by atoms with van der Waals surface area (Å²) in [6, 6.07) is 25.4. The molecule has 5 nitrogen and oxygen atoms in total. The Morgan fingerprint density at radius 3 is 2.26 bits per heavy atom. The molecule has 0 saturated carbocycles. The molecule has 3 aromatic carbocycles. The molecule has 0 bridgehead atoms. The van der Waals surface area contributed by atoms with Crippen LogP contribution in [0.1, 0.15) is 27.7 Å². The van der Waals surface area contributed by atoms with Crippen molar-refractivity contribution >= 4 is 27.5 Å². The molecule has 1 atom stereocenters. The van der Waals surface area contributed by atoms with Crippen LogP contribution in [0.3, 0.4) is 0 Å². The highest BCUT2D eigenvalue weighted by atomic mass is 79.9. The molecule has 1 amide bonds.